The Labute approximate surface area is 189 Å². The Morgan fingerprint density at radius 2 is 1.90 bits per heavy atom. The van der Waals surface area contributed by atoms with E-state index < -0.39 is 6.09 Å². The van der Waals surface area contributed by atoms with Crippen LogP contribution in [0.2, 0.25) is 0 Å². The van der Waals surface area contributed by atoms with Gasteiger partial charge in [-0.25, -0.2) is 9.78 Å². The molecule has 170 valence electrons. The van der Waals surface area contributed by atoms with Crippen LogP contribution in [-0.4, -0.2) is 46.9 Å². The number of benzene rings is 1. The monoisotopic (exact) mass is 446 g/mol. The van der Waals surface area contributed by atoms with E-state index >= 15 is 0 Å². The van der Waals surface area contributed by atoms with Gasteiger partial charge in [-0.2, -0.15) is 0 Å². The third kappa shape index (κ3) is 7.73. The predicted octanol–water partition coefficient (Wildman–Crippen LogP) is 5.87. The molecule has 0 saturated carbocycles. The van der Waals surface area contributed by atoms with E-state index in [1.54, 1.807) is 21.7 Å². The first-order valence-electron chi connectivity index (χ1n) is 11.4. The second-order valence-electron chi connectivity index (χ2n) is 8.22. The summed E-state index contributed by atoms with van der Waals surface area (Å²) in [6.45, 7) is 4.19. The molecule has 1 saturated heterocycles. The lowest BCUT2D eigenvalue weighted by atomic mass is 9.87. The number of carboxylic acid groups (broad SMARTS) is 1. The lowest BCUT2D eigenvalue weighted by molar-refractivity contribution is 0.0839. The average molecular weight is 447 g/mol. The Morgan fingerprint density at radius 3 is 2.55 bits per heavy atom. The van der Waals surface area contributed by atoms with Crippen LogP contribution in [0.4, 0.5) is 4.79 Å². The maximum absolute atomic E-state index is 11.6. The number of hydrogen-bond donors (Lipinski definition) is 1. The Hall–Kier alpha value is -2.28. The van der Waals surface area contributed by atoms with Gasteiger partial charge in [-0.15, -0.1) is 11.3 Å². The number of thiazole rings is 1. The van der Waals surface area contributed by atoms with Gasteiger partial charge in [0.15, 0.2) is 0 Å². The highest BCUT2D eigenvalue weighted by molar-refractivity contribution is 7.07. The number of aromatic nitrogens is 1. The zero-order chi connectivity index (χ0) is 21.9. The topological polar surface area (TPSA) is 71.9 Å². The molecule has 31 heavy (non-hydrogen) atoms. The van der Waals surface area contributed by atoms with Crippen molar-refractivity contribution in [2.75, 3.05) is 19.8 Å². The van der Waals surface area contributed by atoms with Gasteiger partial charge in [0.25, 0.3) is 0 Å². The van der Waals surface area contributed by atoms with Crippen molar-refractivity contribution < 1.29 is 19.4 Å². The molecular weight excluding hydrogens is 412 g/mol. The summed E-state index contributed by atoms with van der Waals surface area (Å²) in [6.07, 6.45) is 7.33. The van der Waals surface area contributed by atoms with Gasteiger partial charge in [0, 0.05) is 24.4 Å². The highest BCUT2D eigenvalue weighted by Gasteiger charge is 2.31. The van der Waals surface area contributed by atoms with Crippen LogP contribution in [-0.2, 0) is 6.42 Å². The average Bonchev–Trinajstić information content (AvgIpc) is 3.28. The minimum atomic E-state index is -0.831. The maximum Gasteiger partial charge on any atom is 0.407 e. The van der Waals surface area contributed by atoms with E-state index in [0.29, 0.717) is 25.5 Å². The van der Waals surface area contributed by atoms with E-state index in [4.69, 9.17) is 9.47 Å². The molecular formula is C24H34N2O4S. The number of unbranched alkanes of at least 4 members (excludes halogenated alkanes) is 3. The Balaban J connectivity index is 1.40. The molecule has 1 aromatic heterocycles. The fourth-order valence-electron chi connectivity index (χ4n) is 4.12. The number of ether oxygens (including phenoxy) is 2. The summed E-state index contributed by atoms with van der Waals surface area (Å²) < 4.78 is 11.7. The van der Waals surface area contributed by atoms with Crippen molar-refractivity contribution >= 4 is 17.4 Å². The van der Waals surface area contributed by atoms with Gasteiger partial charge in [0.05, 0.1) is 24.4 Å². The lowest BCUT2D eigenvalue weighted by Crippen LogP contribution is -2.46. The summed E-state index contributed by atoms with van der Waals surface area (Å²) in [5, 5.41) is 11.5. The first-order chi connectivity index (χ1) is 15.2. The number of nitrogens with zero attached hydrogens (tertiary/aromatic N) is 2. The fourth-order valence-corrected chi connectivity index (χ4v) is 4.69. The Morgan fingerprint density at radius 1 is 1.16 bits per heavy atom. The van der Waals surface area contributed by atoms with Crippen LogP contribution in [0.25, 0.3) is 0 Å². The fraction of sp³-hybridized carbons (Fsp3) is 0.583. The number of rotatable bonds is 12. The van der Waals surface area contributed by atoms with Gasteiger partial charge in [0.1, 0.15) is 11.5 Å². The summed E-state index contributed by atoms with van der Waals surface area (Å²) in [6, 6.07) is 7.83. The quantitative estimate of drug-likeness (QED) is 0.413. The first kappa shape index (κ1) is 23.4. The number of likely N-dealkylation sites (tertiary alicyclic amines) is 1. The normalized spacial score (nSPS) is 18.7. The minimum Gasteiger partial charge on any atom is -0.494 e. The van der Waals surface area contributed by atoms with Crippen molar-refractivity contribution in [1.82, 2.24) is 9.88 Å². The van der Waals surface area contributed by atoms with Crippen molar-refractivity contribution in [2.24, 2.45) is 5.92 Å². The highest BCUT2D eigenvalue weighted by Crippen LogP contribution is 2.28. The largest absolute Gasteiger partial charge is 0.494 e. The maximum atomic E-state index is 11.6. The van der Waals surface area contributed by atoms with Crippen LogP contribution in [0.1, 0.15) is 57.6 Å². The minimum absolute atomic E-state index is 0.00731. The van der Waals surface area contributed by atoms with E-state index in [2.05, 4.69) is 11.9 Å². The van der Waals surface area contributed by atoms with Gasteiger partial charge in [-0.3, -0.25) is 0 Å². The first-order valence-corrected chi connectivity index (χ1v) is 12.3. The smallest absolute Gasteiger partial charge is 0.407 e. The SMILES string of the molecule is CCCCCCOc1ccc(OCCC2CCN(C(=O)O)C(Cc3cscn3)C2)cc1. The molecule has 1 N–H and O–H groups in total. The van der Waals surface area contributed by atoms with Crippen LogP contribution in [0.15, 0.2) is 35.2 Å². The van der Waals surface area contributed by atoms with Gasteiger partial charge in [-0.1, -0.05) is 26.2 Å². The third-order valence-electron chi connectivity index (χ3n) is 5.88. The predicted molar refractivity (Wildman–Crippen MR) is 123 cm³/mol. The van der Waals surface area contributed by atoms with Gasteiger partial charge < -0.3 is 19.5 Å². The van der Waals surface area contributed by atoms with E-state index in [9.17, 15) is 9.90 Å². The van der Waals surface area contributed by atoms with Crippen LogP contribution >= 0.6 is 11.3 Å². The Kier molecular flexibility index (Phi) is 9.46. The number of carbonyl (C=O) groups is 1. The molecule has 7 heteroatoms. The molecule has 3 rings (SSSR count). The molecule has 0 radical (unpaired) electrons. The molecule has 0 aliphatic carbocycles. The zero-order valence-electron chi connectivity index (χ0n) is 18.4. The summed E-state index contributed by atoms with van der Waals surface area (Å²) >= 11 is 1.55. The number of hydrogen-bond acceptors (Lipinski definition) is 5. The van der Waals surface area contributed by atoms with E-state index in [-0.39, 0.29) is 6.04 Å². The zero-order valence-corrected chi connectivity index (χ0v) is 19.2. The second-order valence-corrected chi connectivity index (χ2v) is 8.94. The third-order valence-corrected chi connectivity index (χ3v) is 6.52. The highest BCUT2D eigenvalue weighted by atomic mass is 32.1. The molecule has 0 bridgehead atoms. The van der Waals surface area contributed by atoms with Gasteiger partial charge >= 0.3 is 6.09 Å². The molecule has 2 unspecified atom stereocenters. The van der Waals surface area contributed by atoms with E-state index in [1.807, 2.05) is 29.6 Å². The van der Waals surface area contributed by atoms with Crippen molar-refractivity contribution in [1.29, 1.82) is 0 Å². The van der Waals surface area contributed by atoms with Crippen LogP contribution in [0.3, 0.4) is 0 Å². The summed E-state index contributed by atoms with van der Waals surface area (Å²) in [7, 11) is 0. The molecule has 1 amide bonds. The number of piperidine rings is 1. The van der Waals surface area contributed by atoms with Crippen LogP contribution in [0.5, 0.6) is 11.5 Å². The lowest BCUT2D eigenvalue weighted by Gasteiger charge is -2.37. The summed E-state index contributed by atoms with van der Waals surface area (Å²) in [5.74, 6) is 2.19. The number of amides is 1. The van der Waals surface area contributed by atoms with Gasteiger partial charge in [-0.05, 0) is 55.9 Å². The molecule has 0 spiro atoms. The summed E-state index contributed by atoms with van der Waals surface area (Å²) in [5.41, 5.74) is 2.78. The molecule has 1 aliphatic heterocycles. The van der Waals surface area contributed by atoms with Crippen molar-refractivity contribution in [3.63, 3.8) is 0 Å². The molecule has 1 aromatic carbocycles. The van der Waals surface area contributed by atoms with Crippen molar-refractivity contribution in [2.45, 2.75) is 64.3 Å². The van der Waals surface area contributed by atoms with Crippen LogP contribution < -0.4 is 9.47 Å². The van der Waals surface area contributed by atoms with Crippen molar-refractivity contribution in [3.05, 3.63) is 40.8 Å². The van der Waals surface area contributed by atoms with E-state index in [0.717, 1.165) is 49.5 Å². The molecule has 1 aliphatic rings. The van der Waals surface area contributed by atoms with Gasteiger partial charge in [0.2, 0.25) is 0 Å². The molecule has 2 aromatic rings. The van der Waals surface area contributed by atoms with Crippen LogP contribution in [0, 0.1) is 5.92 Å². The molecule has 2 heterocycles. The second kappa shape index (κ2) is 12.5. The van der Waals surface area contributed by atoms with Crippen molar-refractivity contribution in [3.8, 4) is 11.5 Å². The molecule has 2 atom stereocenters. The standard InChI is InChI=1S/C24H34N2O4S/c1-2-3-4-5-13-29-22-6-8-23(9-7-22)30-14-11-19-10-12-26(24(27)28)21(15-19)16-20-17-31-18-25-20/h6-9,17-19,21H,2-5,10-16H2,1H3,(H,27,28). The molecule has 6 nitrogen and oxygen atoms in total. The van der Waals surface area contributed by atoms with E-state index in [1.165, 1.54) is 19.3 Å². The Bertz CT molecular complexity index is 766. The summed E-state index contributed by atoms with van der Waals surface area (Å²) in [4.78, 5) is 17.5. The molecule has 1 fully saturated rings.